The van der Waals surface area contributed by atoms with Gasteiger partial charge in [-0.05, 0) is 46.2 Å². The number of nitrogens with one attached hydrogen (secondary N) is 1. The number of hydrogen-bond donors (Lipinski definition) is 1. The van der Waals surface area contributed by atoms with Crippen LogP contribution in [0.3, 0.4) is 0 Å². The Kier molecular flexibility index (Phi) is 4.35. The summed E-state index contributed by atoms with van der Waals surface area (Å²) >= 11 is 0. The van der Waals surface area contributed by atoms with Gasteiger partial charge in [-0.1, -0.05) is 30.3 Å². The van der Waals surface area contributed by atoms with Gasteiger partial charge in [0.2, 0.25) is 5.91 Å². The van der Waals surface area contributed by atoms with Crippen molar-refractivity contribution >= 4 is 5.91 Å². The second-order valence-electron chi connectivity index (χ2n) is 6.36. The molecule has 132 valence electrons. The molecule has 0 aliphatic heterocycles. The van der Waals surface area contributed by atoms with Crippen molar-refractivity contribution in [3.63, 3.8) is 0 Å². The smallest absolute Gasteiger partial charge is 0.224 e. The number of carbonyl (C=O) groups is 1. The zero-order valence-corrected chi connectivity index (χ0v) is 14.4. The molecule has 7 nitrogen and oxygen atoms in total. The molecular formula is C19H19N5O2. The van der Waals surface area contributed by atoms with Crippen LogP contribution in [0, 0.1) is 0 Å². The maximum atomic E-state index is 12.3. The Hall–Kier alpha value is -3.22. The molecule has 2 aromatic carbocycles. The molecule has 1 amide bonds. The fraction of sp³-hybridized carbons (Fsp3) is 0.263. The highest BCUT2D eigenvalue weighted by Crippen LogP contribution is 2.44. The van der Waals surface area contributed by atoms with Crippen LogP contribution < -0.4 is 10.1 Å². The minimum Gasteiger partial charge on any atom is -0.496 e. The summed E-state index contributed by atoms with van der Waals surface area (Å²) in [5.74, 6) is 1.24. The Bertz CT molecular complexity index is 893. The molecule has 1 aromatic heterocycles. The van der Waals surface area contributed by atoms with Gasteiger partial charge in [0.15, 0.2) is 0 Å². The summed E-state index contributed by atoms with van der Waals surface area (Å²) < 4.78 is 6.98. The van der Waals surface area contributed by atoms with Crippen LogP contribution in [0.25, 0.3) is 5.69 Å². The molecule has 0 radical (unpaired) electrons. The number of hydrogen-bond acceptors (Lipinski definition) is 5. The van der Waals surface area contributed by atoms with Crippen LogP contribution in [-0.2, 0) is 11.2 Å². The number of ether oxygens (including phenoxy) is 1. The van der Waals surface area contributed by atoms with Crippen LogP contribution in [0.15, 0.2) is 54.9 Å². The van der Waals surface area contributed by atoms with E-state index in [4.69, 9.17) is 4.74 Å². The average molecular weight is 349 g/mol. The minimum atomic E-state index is 0.0302. The largest absolute Gasteiger partial charge is 0.496 e. The summed E-state index contributed by atoms with van der Waals surface area (Å²) in [5.41, 5.74) is 2.97. The molecule has 0 unspecified atom stereocenters. The number of nitrogens with zero attached hydrogens (tertiary/aromatic N) is 4. The third kappa shape index (κ3) is 3.42. The van der Waals surface area contributed by atoms with Crippen LogP contribution >= 0.6 is 0 Å². The van der Waals surface area contributed by atoms with Crippen molar-refractivity contribution in [2.24, 2.45) is 0 Å². The van der Waals surface area contributed by atoms with Crippen molar-refractivity contribution in [3.05, 3.63) is 66.0 Å². The van der Waals surface area contributed by atoms with E-state index in [9.17, 15) is 4.79 Å². The second kappa shape index (κ2) is 6.95. The van der Waals surface area contributed by atoms with Crippen molar-refractivity contribution in [3.8, 4) is 11.4 Å². The molecule has 0 spiro atoms. The quantitative estimate of drug-likeness (QED) is 0.735. The van der Waals surface area contributed by atoms with E-state index in [0.717, 1.165) is 29.0 Å². The van der Waals surface area contributed by atoms with Gasteiger partial charge in [0, 0.05) is 12.0 Å². The molecule has 1 saturated carbocycles. The predicted molar refractivity (Wildman–Crippen MR) is 95.1 cm³/mol. The van der Waals surface area contributed by atoms with Crippen molar-refractivity contribution < 1.29 is 9.53 Å². The van der Waals surface area contributed by atoms with Crippen LogP contribution in [0.1, 0.15) is 23.5 Å². The van der Waals surface area contributed by atoms with Gasteiger partial charge in [-0.15, -0.1) is 5.10 Å². The summed E-state index contributed by atoms with van der Waals surface area (Å²) in [6.07, 6.45) is 2.84. The second-order valence-corrected chi connectivity index (χ2v) is 6.36. The third-order valence-corrected chi connectivity index (χ3v) is 4.59. The summed E-state index contributed by atoms with van der Waals surface area (Å²) in [6, 6.07) is 15.8. The van der Waals surface area contributed by atoms with E-state index in [1.54, 1.807) is 11.8 Å². The molecular weight excluding hydrogens is 330 g/mol. The summed E-state index contributed by atoms with van der Waals surface area (Å²) in [4.78, 5) is 12.3. The first-order valence-corrected chi connectivity index (χ1v) is 8.49. The molecule has 1 fully saturated rings. The third-order valence-electron chi connectivity index (χ3n) is 4.59. The first-order chi connectivity index (χ1) is 12.7. The first kappa shape index (κ1) is 16.3. The van der Waals surface area contributed by atoms with Gasteiger partial charge in [-0.3, -0.25) is 4.79 Å². The van der Waals surface area contributed by atoms with Gasteiger partial charge in [0.25, 0.3) is 0 Å². The molecule has 3 aromatic rings. The number of benzene rings is 2. The van der Waals surface area contributed by atoms with E-state index in [0.29, 0.717) is 12.3 Å². The van der Waals surface area contributed by atoms with E-state index in [-0.39, 0.29) is 11.9 Å². The maximum absolute atomic E-state index is 12.3. The Balaban J connectivity index is 1.34. The zero-order valence-electron chi connectivity index (χ0n) is 14.4. The zero-order chi connectivity index (χ0) is 17.9. The lowest BCUT2D eigenvalue weighted by Gasteiger charge is -2.09. The maximum Gasteiger partial charge on any atom is 0.224 e. The molecule has 7 heteroatoms. The topological polar surface area (TPSA) is 81.9 Å². The van der Waals surface area contributed by atoms with Gasteiger partial charge in [-0.2, -0.15) is 0 Å². The summed E-state index contributed by atoms with van der Waals surface area (Å²) in [6.45, 7) is 0. The number of para-hydroxylation sites is 1. The highest BCUT2D eigenvalue weighted by Gasteiger charge is 2.40. The van der Waals surface area contributed by atoms with Crippen molar-refractivity contribution in [1.82, 2.24) is 25.5 Å². The Labute approximate surface area is 151 Å². The van der Waals surface area contributed by atoms with Crippen LogP contribution in [0.2, 0.25) is 0 Å². The van der Waals surface area contributed by atoms with Crippen LogP contribution in [0.5, 0.6) is 5.75 Å². The van der Waals surface area contributed by atoms with Gasteiger partial charge >= 0.3 is 0 Å². The minimum absolute atomic E-state index is 0.0302. The average Bonchev–Trinajstić information content (AvgIpc) is 3.19. The molecule has 0 saturated heterocycles. The lowest BCUT2D eigenvalue weighted by molar-refractivity contribution is -0.120. The first-order valence-electron chi connectivity index (χ1n) is 8.49. The number of tetrazole rings is 1. The normalized spacial score (nSPS) is 18.3. The number of rotatable bonds is 6. The molecule has 1 heterocycles. The molecule has 1 N–H and O–H groups in total. The Morgan fingerprint density at radius 2 is 2.04 bits per heavy atom. The SMILES string of the molecule is COc1ccccc1[C@H]1C[C@@H]1NC(=O)Cc1ccc(-n2cnnn2)cc1. The van der Waals surface area contributed by atoms with Gasteiger partial charge < -0.3 is 10.1 Å². The van der Waals surface area contributed by atoms with E-state index in [1.807, 2.05) is 42.5 Å². The number of methoxy groups -OCH3 is 1. The standard InChI is InChI=1S/C19H19N5O2/c1-26-18-5-3-2-4-15(18)16-11-17(16)21-19(25)10-13-6-8-14(9-7-13)24-12-20-22-23-24/h2-9,12,16-17H,10-11H2,1H3,(H,21,25)/t16-,17+/m1/s1. The lowest BCUT2D eigenvalue weighted by atomic mass is 10.1. The van der Waals surface area contributed by atoms with E-state index >= 15 is 0 Å². The van der Waals surface area contributed by atoms with E-state index in [1.165, 1.54) is 6.33 Å². The van der Waals surface area contributed by atoms with E-state index in [2.05, 4.69) is 26.9 Å². The molecule has 26 heavy (non-hydrogen) atoms. The van der Waals surface area contributed by atoms with Gasteiger partial charge in [0.1, 0.15) is 12.1 Å². The fourth-order valence-corrected chi connectivity index (χ4v) is 3.16. The van der Waals surface area contributed by atoms with Gasteiger partial charge in [-0.25, -0.2) is 4.68 Å². The number of carbonyl (C=O) groups excluding carboxylic acids is 1. The van der Waals surface area contributed by atoms with E-state index < -0.39 is 0 Å². The van der Waals surface area contributed by atoms with Crippen molar-refractivity contribution in [2.75, 3.05) is 7.11 Å². The van der Waals surface area contributed by atoms with Crippen LogP contribution in [-0.4, -0.2) is 39.3 Å². The van der Waals surface area contributed by atoms with Crippen molar-refractivity contribution in [1.29, 1.82) is 0 Å². The predicted octanol–water partition coefficient (Wildman–Crippen LogP) is 1.89. The molecule has 1 aliphatic rings. The van der Waals surface area contributed by atoms with Crippen molar-refractivity contribution in [2.45, 2.75) is 24.8 Å². The molecule has 1 aliphatic carbocycles. The summed E-state index contributed by atoms with van der Waals surface area (Å²) in [5, 5.41) is 14.2. The fourth-order valence-electron chi connectivity index (χ4n) is 3.16. The monoisotopic (exact) mass is 349 g/mol. The molecule has 2 atom stereocenters. The molecule has 0 bridgehead atoms. The highest BCUT2D eigenvalue weighted by molar-refractivity contribution is 5.79. The highest BCUT2D eigenvalue weighted by atomic mass is 16.5. The Morgan fingerprint density at radius 1 is 1.23 bits per heavy atom. The Morgan fingerprint density at radius 3 is 2.77 bits per heavy atom. The lowest BCUT2D eigenvalue weighted by Crippen LogP contribution is -2.28. The van der Waals surface area contributed by atoms with Gasteiger partial charge in [0.05, 0.1) is 19.2 Å². The van der Waals surface area contributed by atoms with Crippen LogP contribution in [0.4, 0.5) is 0 Å². The molecule has 4 rings (SSSR count). The summed E-state index contributed by atoms with van der Waals surface area (Å²) in [7, 11) is 1.67. The number of amides is 1. The number of aromatic nitrogens is 4.